The number of hydrogen-bond donors (Lipinski definition) is 2. The van der Waals surface area contributed by atoms with E-state index in [0.717, 1.165) is 37.3 Å². The second-order valence-corrected chi connectivity index (χ2v) is 14.1. The van der Waals surface area contributed by atoms with Gasteiger partial charge in [-0.15, -0.1) is 0 Å². The van der Waals surface area contributed by atoms with Gasteiger partial charge in [-0.2, -0.15) is 0 Å². The number of aliphatic carboxylic acids is 2. The molecule has 2 aliphatic carbocycles. The Kier molecular flexibility index (Phi) is 14.6. The van der Waals surface area contributed by atoms with Crippen LogP contribution in [0.3, 0.4) is 0 Å². The van der Waals surface area contributed by atoms with Crippen LogP contribution in [0, 0.1) is 35.5 Å². The average Bonchev–Trinajstić information content (AvgIpc) is 3.70. The van der Waals surface area contributed by atoms with E-state index in [-0.39, 0.29) is 62.4 Å². The molecule has 250 valence electrons. The Morgan fingerprint density at radius 2 is 0.851 bits per heavy atom. The molecule has 47 heavy (non-hydrogen) atoms. The number of nitrogens with zero attached hydrogens (tertiary/aromatic N) is 2. The van der Waals surface area contributed by atoms with Gasteiger partial charge in [0.05, 0.1) is 11.8 Å². The van der Waals surface area contributed by atoms with Crippen LogP contribution in [-0.2, 0) is 32.0 Å². The number of amides is 2. The summed E-state index contributed by atoms with van der Waals surface area (Å²) in [5.74, 6) is -0.409. The normalized spacial score (nSPS) is 24.4. The van der Waals surface area contributed by atoms with Crippen LogP contribution in [-0.4, -0.2) is 108 Å². The molecule has 2 amide bonds. The first kappa shape index (κ1) is 37.4. The predicted octanol–water partition coefficient (Wildman–Crippen LogP) is 5.56. The van der Waals surface area contributed by atoms with Crippen LogP contribution < -0.4 is 0 Å². The van der Waals surface area contributed by atoms with Crippen LogP contribution in [0.15, 0.2) is 60.7 Å². The first-order chi connectivity index (χ1) is 22.3. The van der Waals surface area contributed by atoms with Crippen molar-refractivity contribution in [2.45, 2.75) is 77.0 Å². The van der Waals surface area contributed by atoms with Crippen LogP contribution in [0.4, 0.5) is 0 Å². The summed E-state index contributed by atoms with van der Waals surface area (Å²) in [7, 11) is 0. The molecule has 8 nitrogen and oxygen atoms in total. The maximum atomic E-state index is 12.6. The molecule has 0 bridgehead atoms. The van der Waals surface area contributed by atoms with Crippen LogP contribution >= 0.6 is 0 Å². The van der Waals surface area contributed by atoms with Crippen LogP contribution in [0.1, 0.15) is 75.3 Å². The summed E-state index contributed by atoms with van der Waals surface area (Å²) in [5, 5.41) is 18.9. The monoisotopic (exact) mass is 670 g/mol. The molecule has 2 aromatic carbocycles. The first-order valence-corrected chi connectivity index (χ1v) is 17.4. The summed E-state index contributed by atoms with van der Waals surface area (Å²) in [6.07, 6.45) is 11.1. The minimum Gasteiger partial charge on any atom is -0.481 e. The van der Waals surface area contributed by atoms with Gasteiger partial charge >= 0.3 is 11.9 Å². The standard InChI is InChI=1S/2C19H25NO3.Ca/c2*21-18(20-12-15-8-4-5-9-16(15)13-20)11-17(19(22)23)10-14-6-2-1-3-7-14;/h2*1-3,6-7,15-17H,4-5,8-13H2,(H,22,23);/t2*15-,16+,17-;/m11./s1. The van der Waals surface area contributed by atoms with Gasteiger partial charge in [0.25, 0.3) is 0 Å². The minimum atomic E-state index is -0.876. The van der Waals surface area contributed by atoms with Crippen molar-refractivity contribution in [3.05, 3.63) is 71.8 Å². The summed E-state index contributed by atoms with van der Waals surface area (Å²) < 4.78 is 0. The smallest absolute Gasteiger partial charge is 0.307 e. The number of rotatable bonds is 10. The summed E-state index contributed by atoms with van der Waals surface area (Å²) in [6, 6.07) is 19.1. The van der Waals surface area contributed by atoms with E-state index in [1.54, 1.807) is 0 Å². The zero-order valence-electron chi connectivity index (χ0n) is 27.7. The van der Waals surface area contributed by atoms with E-state index < -0.39 is 23.8 Å². The number of fused-ring (bicyclic) bond motifs is 2. The second-order valence-electron chi connectivity index (χ2n) is 14.1. The van der Waals surface area contributed by atoms with Gasteiger partial charge < -0.3 is 20.0 Å². The molecule has 6 rings (SSSR count). The molecule has 2 aromatic rings. The van der Waals surface area contributed by atoms with Crippen molar-refractivity contribution in [3.63, 3.8) is 0 Å². The first-order valence-electron chi connectivity index (χ1n) is 17.4. The quantitative estimate of drug-likeness (QED) is 0.320. The third kappa shape index (κ3) is 10.8. The molecule has 2 saturated carbocycles. The van der Waals surface area contributed by atoms with E-state index in [9.17, 15) is 29.4 Å². The van der Waals surface area contributed by atoms with Crippen molar-refractivity contribution in [1.29, 1.82) is 0 Å². The number of likely N-dealkylation sites (tertiary alicyclic amines) is 2. The van der Waals surface area contributed by atoms with E-state index in [2.05, 4.69) is 0 Å². The average molecular weight is 671 g/mol. The van der Waals surface area contributed by atoms with Crippen LogP contribution in [0.5, 0.6) is 0 Å². The Morgan fingerprint density at radius 3 is 1.13 bits per heavy atom. The van der Waals surface area contributed by atoms with E-state index in [4.69, 9.17) is 0 Å². The van der Waals surface area contributed by atoms with E-state index in [1.165, 1.54) is 51.4 Å². The molecule has 2 saturated heterocycles. The zero-order chi connectivity index (χ0) is 32.5. The van der Waals surface area contributed by atoms with E-state index in [1.807, 2.05) is 70.5 Å². The van der Waals surface area contributed by atoms with Gasteiger partial charge in [-0.25, -0.2) is 0 Å². The van der Waals surface area contributed by atoms with Gasteiger partial charge in [0.15, 0.2) is 0 Å². The van der Waals surface area contributed by atoms with Crippen molar-refractivity contribution >= 4 is 61.5 Å². The summed E-state index contributed by atoms with van der Waals surface area (Å²) in [5.41, 5.74) is 1.95. The predicted molar refractivity (Wildman–Crippen MR) is 182 cm³/mol. The Labute approximate surface area is 309 Å². The SMILES string of the molecule is O=C(O)[C@@H](CC(=O)N1C[C@H]2CCCC[C@H]2C1)Cc1ccccc1.O=C(O)[C@@H](CC(=O)N1C[C@H]2CCCC[C@H]2C1)Cc1ccccc1.[Ca]. The van der Waals surface area contributed by atoms with E-state index in [0.29, 0.717) is 36.5 Å². The van der Waals surface area contributed by atoms with Crippen molar-refractivity contribution in [2.75, 3.05) is 26.2 Å². The molecule has 2 heterocycles. The van der Waals surface area contributed by atoms with Gasteiger partial charge in [-0.1, -0.05) is 86.3 Å². The number of carbonyl (C=O) groups is 4. The Morgan fingerprint density at radius 1 is 0.553 bits per heavy atom. The van der Waals surface area contributed by atoms with Crippen LogP contribution in [0.25, 0.3) is 0 Å². The molecule has 4 fully saturated rings. The maximum Gasteiger partial charge on any atom is 0.307 e. The van der Waals surface area contributed by atoms with Crippen molar-refractivity contribution in [1.82, 2.24) is 9.80 Å². The third-order valence-corrected chi connectivity index (χ3v) is 10.8. The molecular formula is C38H50CaN2O6. The maximum absolute atomic E-state index is 12.6. The molecule has 0 unspecified atom stereocenters. The molecule has 2 radical (unpaired) electrons. The van der Waals surface area contributed by atoms with Gasteiger partial charge in [0.1, 0.15) is 0 Å². The van der Waals surface area contributed by atoms with E-state index >= 15 is 0 Å². The third-order valence-electron chi connectivity index (χ3n) is 10.8. The molecule has 9 heteroatoms. The number of benzene rings is 2. The Hall–Kier alpha value is -2.42. The number of carboxylic acids is 2. The summed E-state index contributed by atoms with van der Waals surface area (Å²) in [4.78, 5) is 52.0. The van der Waals surface area contributed by atoms with Crippen LogP contribution in [0.2, 0.25) is 0 Å². The zero-order valence-corrected chi connectivity index (χ0v) is 29.9. The molecule has 4 aliphatic rings. The number of carbonyl (C=O) groups excluding carboxylic acids is 2. The number of carboxylic acid groups (broad SMARTS) is 2. The molecule has 0 spiro atoms. The molecule has 2 N–H and O–H groups in total. The van der Waals surface area contributed by atoms with Gasteiger partial charge in [-0.3, -0.25) is 19.2 Å². The summed E-state index contributed by atoms with van der Waals surface area (Å²) >= 11 is 0. The van der Waals surface area contributed by atoms with Crippen molar-refractivity contribution in [2.24, 2.45) is 35.5 Å². The van der Waals surface area contributed by atoms with Gasteiger partial charge in [0.2, 0.25) is 11.8 Å². The minimum absolute atomic E-state index is 0. The fourth-order valence-electron chi connectivity index (χ4n) is 8.19. The van der Waals surface area contributed by atoms with Gasteiger partial charge in [0, 0.05) is 76.8 Å². The Bertz CT molecular complexity index is 1190. The second kappa shape index (κ2) is 18.4. The fraction of sp³-hybridized carbons (Fsp3) is 0.579. The largest absolute Gasteiger partial charge is 0.481 e. The fourth-order valence-corrected chi connectivity index (χ4v) is 8.19. The molecule has 6 atom stereocenters. The molecular weight excluding hydrogens is 621 g/mol. The van der Waals surface area contributed by atoms with Gasteiger partial charge in [-0.05, 0) is 73.3 Å². The molecule has 0 aromatic heterocycles. The molecule has 2 aliphatic heterocycles. The van der Waals surface area contributed by atoms with Crippen molar-refractivity contribution < 1.29 is 29.4 Å². The Balaban J connectivity index is 0.000000208. The topological polar surface area (TPSA) is 115 Å². The summed E-state index contributed by atoms with van der Waals surface area (Å²) in [6.45, 7) is 3.34. The number of hydrogen-bond acceptors (Lipinski definition) is 4. The van der Waals surface area contributed by atoms with Crippen molar-refractivity contribution in [3.8, 4) is 0 Å².